The number of aromatic nitrogens is 1. The van der Waals surface area contributed by atoms with Crippen LogP contribution in [0.2, 0.25) is 0 Å². The van der Waals surface area contributed by atoms with Gasteiger partial charge in [-0.25, -0.2) is 43.9 Å². The third-order valence-electron chi connectivity index (χ3n) is 3.88. The summed E-state index contributed by atoms with van der Waals surface area (Å²) in [6.07, 6.45) is 0.362. The van der Waals surface area contributed by atoms with Crippen molar-refractivity contribution in [3.05, 3.63) is 70.4 Å². The van der Waals surface area contributed by atoms with Crippen LogP contribution in [0, 0.1) is 58.2 Å². The van der Waals surface area contributed by atoms with Crippen LogP contribution in [0.1, 0.15) is 0 Å². The molecule has 0 atom stereocenters. The molecule has 0 radical (unpaired) electrons. The molecule has 0 unspecified atom stereocenters. The summed E-state index contributed by atoms with van der Waals surface area (Å²) in [7, 11) is 0. The molecule has 0 aliphatic carbocycles. The van der Waals surface area contributed by atoms with Crippen LogP contribution in [0.15, 0.2) is 12.3 Å². The minimum Gasteiger partial charge on any atom is -0.398 e. The lowest BCUT2D eigenvalue weighted by Crippen LogP contribution is -2.07. The van der Waals surface area contributed by atoms with Crippen LogP contribution >= 0.6 is 0 Å². The van der Waals surface area contributed by atoms with Gasteiger partial charge in [0.05, 0.1) is 16.8 Å². The van der Waals surface area contributed by atoms with Gasteiger partial charge in [-0.15, -0.1) is 0 Å². The van der Waals surface area contributed by atoms with Crippen molar-refractivity contribution < 1.29 is 43.9 Å². The van der Waals surface area contributed by atoms with E-state index in [0.717, 1.165) is 0 Å². The number of pyridine rings is 1. The van der Waals surface area contributed by atoms with Gasteiger partial charge >= 0.3 is 0 Å². The molecule has 0 saturated carbocycles. The first-order valence-corrected chi connectivity index (χ1v) is 7.28. The molecule has 152 valence electrons. The van der Waals surface area contributed by atoms with Crippen LogP contribution in [0.4, 0.5) is 49.6 Å². The highest BCUT2D eigenvalue weighted by Crippen LogP contribution is 2.37. The van der Waals surface area contributed by atoms with Crippen LogP contribution in [-0.4, -0.2) is 4.98 Å². The maximum Gasteiger partial charge on any atom is 0.200 e. The van der Waals surface area contributed by atoms with E-state index in [-0.39, 0.29) is 0 Å². The van der Waals surface area contributed by atoms with Crippen molar-refractivity contribution in [2.24, 2.45) is 0 Å². The molecule has 0 amide bonds. The summed E-state index contributed by atoms with van der Waals surface area (Å²) in [5, 5.41) is 0. The van der Waals surface area contributed by atoms with Gasteiger partial charge in [0.1, 0.15) is 0 Å². The van der Waals surface area contributed by atoms with Crippen molar-refractivity contribution in [2.45, 2.75) is 0 Å². The average molecular weight is 426 g/mol. The lowest BCUT2D eigenvalue weighted by molar-refractivity contribution is 0.381. The Labute approximate surface area is 154 Å². The molecule has 0 spiro atoms. The van der Waals surface area contributed by atoms with E-state index in [9.17, 15) is 43.9 Å². The molecule has 1 heterocycles. The fraction of sp³-hybridized carbons (Fsp3) is 0. The van der Waals surface area contributed by atoms with Gasteiger partial charge in [-0.2, -0.15) is 0 Å². The third kappa shape index (κ3) is 2.95. The summed E-state index contributed by atoms with van der Waals surface area (Å²) in [4.78, 5) is 3.30. The van der Waals surface area contributed by atoms with Crippen molar-refractivity contribution in [2.75, 3.05) is 5.73 Å². The van der Waals surface area contributed by atoms with E-state index >= 15 is 0 Å². The topological polar surface area (TPSA) is 38.9 Å². The summed E-state index contributed by atoms with van der Waals surface area (Å²) in [5.41, 5.74) is -0.168. The van der Waals surface area contributed by atoms with Gasteiger partial charge in [-0.05, 0) is 6.07 Å². The number of halogens is 10. The molecule has 0 bridgehead atoms. The van der Waals surface area contributed by atoms with Crippen LogP contribution in [0.5, 0.6) is 0 Å². The molecule has 3 rings (SSSR count). The van der Waals surface area contributed by atoms with E-state index in [1.165, 1.54) is 0 Å². The molecule has 29 heavy (non-hydrogen) atoms. The van der Waals surface area contributed by atoms with Crippen LogP contribution < -0.4 is 5.73 Å². The standard InChI is InChI=1S/C17H4F10N2/c18-8-6(9(19)13(23)16(26)12(8)22)3-2-29-5(1-4(3)28)7-10(20)14(24)17(27)15(25)11(7)21/h1-2H,(H2,28,29). The molecular formula is C17H4F10N2. The van der Waals surface area contributed by atoms with E-state index in [2.05, 4.69) is 4.98 Å². The maximum absolute atomic E-state index is 13.9. The molecule has 0 aliphatic heterocycles. The number of nitrogen functional groups attached to an aromatic ring is 1. The zero-order chi connectivity index (χ0) is 21.8. The molecule has 2 N–H and O–H groups in total. The van der Waals surface area contributed by atoms with Gasteiger partial charge in [0.2, 0.25) is 11.6 Å². The maximum atomic E-state index is 13.9. The Kier molecular flexibility index (Phi) is 4.89. The second-order valence-electron chi connectivity index (χ2n) is 5.55. The second-order valence-corrected chi connectivity index (χ2v) is 5.55. The molecular weight excluding hydrogens is 422 g/mol. The SMILES string of the molecule is Nc1cc(-c2c(F)c(F)c(F)c(F)c2F)ncc1-c1c(F)c(F)c(F)c(F)c1F. The molecule has 2 aromatic carbocycles. The lowest BCUT2D eigenvalue weighted by Gasteiger charge is -2.13. The van der Waals surface area contributed by atoms with Crippen molar-refractivity contribution in [3.63, 3.8) is 0 Å². The number of hydrogen-bond donors (Lipinski definition) is 1. The predicted molar refractivity (Wildman–Crippen MR) is 79.1 cm³/mol. The number of nitrogens with zero attached hydrogens (tertiary/aromatic N) is 1. The van der Waals surface area contributed by atoms with Crippen molar-refractivity contribution in [1.29, 1.82) is 0 Å². The predicted octanol–water partition coefficient (Wildman–Crippen LogP) is 5.39. The molecule has 0 saturated heterocycles. The van der Waals surface area contributed by atoms with E-state index in [0.29, 0.717) is 12.3 Å². The molecule has 0 aliphatic rings. The highest BCUT2D eigenvalue weighted by atomic mass is 19.2. The van der Waals surface area contributed by atoms with Gasteiger partial charge < -0.3 is 5.73 Å². The Morgan fingerprint density at radius 3 is 1.24 bits per heavy atom. The molecule has 2 nitrogen and oxygen atoms in total. The number of anilines is 1. The fourth-order valence-corrected chi connectivity index (χ4v) is 2.49. The number of hydrogen-bond acceptors (Lipinski definition) is 2. The summed E-state index contributed by atoms with van der Waals surface area (Å²) in [6, 6.07) is 0.450. The molecule has 1 aromatic heterocycles. The van der Waals surface area contributed by atoms with Gasteiger partial charge in [-0.3, -0.25) is 4.98 Å². The highest BCUT2D eigenvalue weighted by Gasteiger charge is 2.30. The fourth-order valence-electron chi connectivity index (χ4n) is 2.49. The number of benzene rings is 2. The Morgan fingerprint density at radius 1 is 0.517 bits per heavy atom. The van der Waals surface area contributed by atoms with Crippen LogP contribution in [0.3, 0.4) is 0 Å². The summed E-state index contributed by atoms with van der Waals surface area (Å²) >= 11 is 0. The highest BCUT2D eigenvalue weighted by molar-refractivity contribution is 5.80. The molecule has 3 aromatic rings. The Balaban J connectivity index is 2.26. The van der Waals surface area contributed by atoms with Gasteiger partial charge in [-0.1, -0.05) is 0 Å². The van der Waals surface area contributed by atoms with E-state index in [4.69, 9.17) is 5.73 Å². The largest absolute Gasteiger partial charge is 0.398 e. The van der Waals surface area contributed by atoms with Crippen molar-refractivity contribution in [3.8, 4) is 22.4 Å². The van der Waals surface area contributed by atoms with Gasteiger partial charge in [0, 0.05) is 17.4 Å². The van der Waals surface area contributed by atoms with Crippen molar-refractivity contribution in [1.82, 2.24) is 4.98 Å². The second kappa shape index (κ2) is 6.94. The first-order valence-electron chi connectivity index (χ1n) is 7.28. The lowest BCUT2D eigenvalue weighted by atomic mass is 10.0. The summed E-state index contributed by atoms with van der Waals surface area (Å²) < 4.78 is 135. The Hall–Kier alpha value is -3.31. The molecule has 12 heteroatoms. The van der Waals surface area contributed by atoms with Crippen molar-refractivity contribution >= 4 is 5.69 Å². The minimum absolute atomic E-state index is 0.362. The van der Waals surface area contributed by atoms with Crippen LogP contribution in [-0.2, 0) is 0 Å². The average Bonchev–Trinajstić information content (AvgIpc) is 2.69. The zero-order valence-electron chi connectivity index (χ0n) is 13.5. The first kappa shape index (κ1) is 20.4. The Bertz CT molecular complexity index is 1120. The van der Waals surface area contributed by atoms with E-state index in [1.807, 2.05) is 0 Å². The summed E-state index contributed by atoms with van der Waals surface area (Å²) in [6.45, 7) is 0. The summed E-state index contributed by atoms with van der Waals surface area (Å²) in [5.74, 6) is -23.1. The monoisotopic (exact) mass is 426 g/mol. The van der Waals surface area contributed by atoms with Gasteiger partial charge in [0.25, 0.3) is 0 Å². The smallest absolute Gasteiger partial charge is 0.200 e. The Morgan fingerprint density at radius 2 is 0.862 bits per heavy atom. The third-order valence-corrected chi connectivity index (χ3v) is 3.88. The van der Waals surface area contributed by atoms with Gasteiger partial charge in [0.15, 0.2) is 46.5 Å². The van der Waals surface area contributed by atoms with Crippen LogP contribution in [0.25, 0.3) is 22.4 Å². The first-order chi connectivity index (χ1) is 13.5. The van der Waals surface area contributed by atoms with E-state index < -0.39 is 86.2 Å². The number of nitrogens with two attached hydrogens (primary N) is 1. The zero-order valence-corrected chi connectivity index (χ0v) is 13.5. The quantitative estimate of drug-likeness (QED) is 0.339. The normalized spacial score (nSPS) is 11.2. The van der Waals surface area contributed by atoms with E-state index in [1.54, 1.807) is 0 Å². The molecule has 0 fully saturated rings. The number of rotatable bonds is 2. The minimum atomic E-state index is -2.44.